The van der Waals surface area contributed by atoms with E-state index in [9.17, 15) is 0 Å². The molecule has 0 bridgehead atoms. The van der Waals surface area contributed by atoms with Crippen molar-refractivity contribution in [3.05, 3.63) is 59.5 Å². The van der Waals surface area contributed by atoms with E-state index in [1.54, 1.807) is 12.3 Å². The molecule has 106 valence electrons. The lowest BCUT2D eigenvalue weighted by Crippen LogP contribution is -2.04. The van der Waals surface area contributed by atoms with E-state index in [-0.39, 0.29) is 5.95 Å². The van der Waals surface area contributed by atoms with Crippen molar-refractivity contribution in [2.24, 2.45) is 0 Å². The summed E-state index contributed by atoms with van der Waals surface area (Å²) in [6.45, 7) is 0.617. The summed E-state index contributed by atoms with van der Waals surface area (Å²) in [5.41, 5.74) is 7.67. The van der Waals surface area contributed by atoms with Gasteiger partial charge in [0.05, 0.1) is 5.69 Å². The number of nitrogens with two attached hydrogens (primary N) is 1. The zero-order chi connectivity index (χ0) is 14.7. The Hall–Kier alpha value is -2.60. The molecule has 2 heterocycles. The van der Waals surface area contributed by atoms with Crippen molar-refractivity contribution in [2.45, 2.75) is 6.54 Å². The third kappa shape index (κ3) is 3.29. The summed E-state index contributed by atoms with van der Waals surface area (Å²) in [6.07, 6.45) is 3.65. The molecule has 0 radical (unpaired) electrons. The number of halogens is 1. The van der Waals surface area contributed by atoms with Gasteiger partial charge in [-0.25, -0.2) is 9.67 Å². The number of nitrogens with one attached hydrogen (secondary N) is 1. The fourth-order valence-electron chi connectivity index (χ4n) is 1.91. The second-order valence-corrected chi connectivity index (χ2v) is 4.79. The summed E-state index contributed by atoms with van der Waals surface area (Å²) < 4.78 is 1.81. The normalized spacial score (nSPS) is 10.5. The monoisotopic (exact) mass is 300 g/mol. The van der Waals surface area contributed by atoms with Crippen molar-refractivity contribution >= 4 is 23.4 Å². The fraction of sp³-hybridized carbons (Fsp3) is 0.0714. The van der Waals surface area contributed by atoms with Gasteiger partial charge in [-0.2, -0.15) is 10.1 Å². The van der Waals surface area contributed by atoms with Crippen LogP contribution < -0.4 is 11.1 Å². The van der Waals surface area contributed by atoms with Crippen LogP contribution in [-0.2, 0) is 6.54 Å². The molecule has 3 N–H and O–H groups in total. The molecule has 0 fully saturated rings. The van der Waals surface area contributed by atoms with Gasteiger partial charge in [0.25, 0.3) is 0 Å². The Kier molecular flexibility index (Phi) is 3.70. The highest BCUT2D eigenvalue weighted by Crippen LogP contribution is 2.14. The Morgan fingerprint density at radius 1 is 1.19 bits per heavy atom. The van der Waals surface area contributed by atoms with Gasteiger partial charge in [-0.3, -0.25) is 0 Å². The lowest BCUT2D eigenvalue weighted by atomic mass is 10.2. The van der Waals surface area contributed by atoms with Crippen LogP contribution in [0.2, 0.25) is 5.15 Å². The van der Waals surface area contributed by atoms with Crippen molar-refractivity contribution in [2.75, 3.05) is 11.1 Å². The van der Waals surface area contributed by atoms with E-state index in [2.05, 4.69) is 20.4 Å². The Morgan fingerprint density at radius 3 is 2.67 bits per heavy atom. The molecule has 0 saturated heterocycles. The van der Waals surface area contributed by atoms with E-state index in [0.717, 1.165) is 11.3 Å². The van der Waals surface area contributed by atoms with Crippen molar-refractivity contribution in [3.63, 3.8) is 0 Å². The molecule has 2 aromatic heterocycles. The average molecular weight is 301 g/mol. The fourth-order valence-corrected chi connectivity index (χ4v) is 2.10. The Morgan fingerprint density at radius 2 is 2.00 bits per heavy atom. The molecule has 0 aliphatic carbocycles. The zero-order valence-corrected chi connectivity index (χ0v) is 11.8. The minimum atomic E-state index is 0.152. The average Bonchev–Trinajstić information content (AvgIpc) is 2.99. The van der Waals surface area contributed by atoms with Crippen LogP contribution in [0.1, 0.15) is 5.56 Å². The van der Waals surface area contributed by atoms with E-state index < -0.39 is 0 Å². The minimum absolute atomic E-state index is 0.152. The van der Waals surface area contributed by atoms with E-state index in [1.165, 1.54) is 0 Å². The van der Waals surface area contributed by atoms with Crippen molar-refractivity contribution in [3.8, 4) is 5.69 Å². The van der Waals surface area contributed by atoms with Gasteiger partial charge in [-0.15, -0.1) is 0 Å². The maximum Gasteiger partial charge on any atom is 0.223 e. The Balaban J connectivity index is 1.68. The first-order valence-corrected chi connectivity index (χ1v) is 6.71. The quantitative estimate of drug-likeness (QED) is 0.724. The number of hydrogen-bond donors (Lipinski definition) is 2. The summed E-state index contributed by atoms with van der Waals surface area (Å²) >= 11 is 5.83. The van der Waals surface area contributed by atoms with Gasteiger partial charge in [0.2, 0.25) is 5.95 Å². The molecule has 0 saturated carbocycles. The van der Waals surface area contributed by atoms with Crippen molar-refractivity contribution in [1.29, 1.82) is 0 Å². The van der Waals surface area contributed by atoms with Crippen LogP contribution in [0.3, 0.4) is 0 Å². The Bertz CT molecular complexity index is 703. The number of rotatable bonds is 4. The topological polar surface area (TPSA) is 81.6 Å². The van der Waals surface area contributed by atoms with Crippen LogP contribution in [0.15, 0.2) is 48.8 Å². The first kappa shape index (κ1) is 13.4. The van der Waals surface area contributed by atoms with Gasteiger partial charge < -0.3 is 11.1 Å². The highest BCUT2D eigenvalue weighted by Gasteiger charge is 2.01. The third-order valence-corrected chi connectivity index (χ3v) is 3.08. The first-order chi connectivity index (χ1) is 10.2. The molecule has 1 aromatic carbocycles. The standard InChI is InChI=1S/C14H13ClN6/c15-12-8-13(20-14(16)19-12)17-9-10-2-4-11(5-3-10)21-7-1-6-18-21/h1-8H,9H2,(H3,16,17,19,20). The lowest BCUT2D eigenvalue weighted by molar-refractivity contribution is 0.879. The van der Waals surface area contributed by atoms with E-state index in [0.29, 0.717) is 17.5 Å². The van der Waals surface area contributed by atoms with Crippen molar-refractivity contribution < 1.29 is 0 Å². The van der Waals surface area contributed by atoms with E-state index in [4.69, 9.17) is 17.3 Å². The molecule has 0 atom stereocenters. The molecule has 0 amide bonds. The molecule has 0 spiro atoms. The third-order valence-electron chi connectivity index (χ3n) is 2.89. The van der Waals surface area contributed by atoms with Crippen LogP contribution in [0.5, 0.6) is 0 Å². The zero-order valence-electron chi connectivity index (χ0n) is 11.1. The molecule has 6 nitrogen and oxygen atoms in total. The SMILES string of the molecule is Nc1nc(Cl)cc(NCc2ccc(-n3cccn3)cc2)n1. The highest BCUT2D eigenvalue weighted by atomic mass is 35.5. The van der Waals surface area contributed by atoms with Gasteiger partial charge in [-0.05, 0) is 23.8 Å². The maximum absolute atomic E-state index is 5.83. The van der Waals surface area contributed by atoms with Crippen LogP contribution in [-0.4, -0.2) is 19.7 Å². The number of benzene rings is 1. The molecule has 0 aliphatic heterocycles. The molecular formula is C14H13ClN6. The molecule has 0 unspecified atom stereocenters. The molecular weight excluding hydrogens is 288 g/mol. The molecule has 0 aliphatic rings. The minimum Gasteiger partial charge on any atom is -0.368 e. The van der Waals surface area contributed by atoms with Gasteiger partial charge >= 0.3 is 0 Å². The highest BCUT2D eigenvalue weighted by molar-refractivity contribution is 6.29. The summed E-state index contributed by atoms with van der Waals surface area (Å²) in [5.74, 6) is 0.752. The van der Waals surface area contributed by atoms with Gasteiger partial charge in [0.1, 0.15) is 11.0 Å². The predicted molar refractivity (Wildman–Crippen MR) is 82.3 cm³/mol. The number of hydrogen-bond acceptors (Lipinski definition) is 5. The molecule has 3 rings (SSSR count). The summed E-state index contributed by atoms with van der Waals surface area (Å²) in [6, 6.07) is 11.6. The smallest absolute Gasteiger partial charge is 0.223 e. The number of anilines is 2. The lowest BCUT2D eigenvalue weighted by Gasteiger charge is -2.07. The van der Waals surface area contributed by atoms with Crippen LogP contribution >= 0.6 is 11.6 Å². The maximum atomic E-state index is 5.83. The second kappa shape index (κ2) is 5.80. The summed E-state index contributed by atoms with van der Waals surface area (Å²) in [5, 5.41) is 7.66. The van der Waals surface area contributed by atoms with Crippen LogP contribution in [0.4, 0.5) is 11.8 Å². The first-order valence-electron chi connectivity index (χ1n) is 6.33. The summed E-state index contributed by atoms with van der Waals surface area (Å²) in [4.78, 5) is 7.88. The largest absolute Gasteiger partial charge is 0.368 e. The second-order valence-electron chi connectivity index (χ2n) is 4.40. The van der Waals surface area contributed by atoms with E-state index in [1.807, 2.05) is 41.2 Å². The van der Waals surface area contributed by atoms with Gasteiger partial charge in [-0.1, -0.05) is 23.7 Å². The number of aromatic nitrogens is 4. The van der Waals surface area contributed by atoms with E-state index >= 15 is 0 Å². The molecule has 7 heteroatoms. The molecule has 21 heavy (non-hydrogen) atoms. The predicted octanol–water partition coefficient (Wildman–Crippen LogP) is 2.51. The van der Waals surface area contributed by atoms with Crippen LogP contribution in [0.25, 0.3) is 5.69 Å². The Labute approximate surface area is 126 Å². The van der Waals surface area contributed by atoms with Crippen molar-refractivity contribution in [1.82, 2.24) is 19.7 Å². The number of nitrogen functional groups attached to an aromatic ring is 1. The van der Waals surface area contributed by atoms with Gasteiger partial charge in [0.15, 0.2) is 0 Å². The summed E-state index contributed by atoms with van der Waals surface area (Å²) in [7, 11) is 0. The van der Waals surface area contributed by atoms with Gasteiger partial charge in [0, 0.05) is 25.0 Å². The number of nitrogens with zero attached hydrogens (tertiary/aromatic N) is 4. The molecule has 3 aromatic rings. The van der Waals surface area contributed by atoms with Crippen LogP contribution in [0, 0.1) is 0 Å².